The van der Waals surface area contributed by atoms with E-state index in [0.29, 0.717) is 25.7 Å². The Morgan fingerprint density at radius 3 is 2.59 bits per heavy atom. The predicted molar refractivity (Wildman–Crippen MR) is 113 cm³/mol. The van der Waals surface area contributed by atoms with Crippen LogP contribution in [0.5, 0.6) is 0 Å². The second-order valence-electron chi connectivity index (χ2n) is 7.93. The van der Waals surface area contributed by atoms with Gasteiger partial charge in [-0.1, -0.05) is 54.6 Å². The number of aryl methyl sites for hydroxylation is 1. The predicted octanol–water partition coefficient (Wildman–Crippen LogP) is 3.49. The number of hydrogen-bond acceptors (Lipinski definition) is 4. The molecule has 5 heteroatoms. The van der Waals surface area contributed by atoms with Crippen LogP contribution >= 0.6 is 0 Å². The fourth-order valence-electron chi connectivity index (χ4n) is 3.93. The van der Waals surface area contributed by atoms with Gasteiger partial charge in [-0.3, -0.25) is 4.79 Å². The van der Waals surface area contributed by atoms with E-state index in [9.17, 15) is 20.1 Å². The van der Waals surface area contributed by atoms with E-state index < -0.39 is 24.3 Å². The summed E-state index contributed by atoms with van der Waals surface area (Å²) in [5, 5.41) is 39.5. The van der Waals surface area contributed by atoms with E-state index in [1.54, 1.807) is 6.08 Å². The first kappa shape index (κ1) is 23.3. The summed E-state index contributed by atoms with van der Waals surface area (Å²) in [6.07, 6.45) is 10.8. The quantitative estimate of drug-likeness (QED) is 0.317. The van der Waals surface area contributed by atoms with E-state index in [0.717, 1.165) is 19.3 Å². The van der Waals surface area contributed by atoms with Crippen molar-refractivity contribution in [3.8, 4) is 0 Å². The van der Waals surface area contributed by atoms with Gasteiger partial charge in [0.25, 0.3) is 0 Å². The molecule has 0 aliphatic heterocycles. The number of unbranched alkanes of at least 4 members (excludes halogenated alkanes) is 2. The highest BCUT2D eigenvalue weighted by Crippen LogP contribution is 2.36. The molecule has 5 nitrogen and oxygen atoms in total. The maximum absolute atomic E-state index is 10.5. The lowest BCUT2D eigenvalue weighted by molar-refractivity contribution is -0.137. The molecule has 1 aliphatic carbocycles. The molecule has 1 saturated carbocycles. The number of carboxylic acid groups (broad SMARTS) is 1. The lowest BCUT2D eigenvalue weighted by atomic mass is 9.89. The summed E-state index contributed by atoms with van der Waals surface area (Å²) in [4.78, 5) is 10.5. The van der Waals surface area contributed by atoms with Gasteiger partial charge in [0.1, 0.15) is 0 Å². The molecule has 0 unspecified atom stereocenters. The van der Waals surface area contributed by atoms with Gasteiger partial charge in [0.15, 0.2) is 0 Å². The van der Waals surface area contributed by atoms with Crippen LogP contribution in [0.1, 0.15) is 50.5 Å². The van der Waals surface area contributed by atoms with E-state index in [2.05, 4.69) is 0 Å². The second-order valence-corrected chi connectivity index (χ2v) is 7.93. The minimum Gasteiger partial charge on any atom is -0.481 e. The van der Waals surface area contributed by atoms with Crippen LogP contribution < -0.4 is 0 Å². The molecule has 2 rings (SSSR count). The number of benzene rings is 1. The summed E-state index contributed by atoms with van der Waals surface area (Å²) in [5.41, 5.74) is 1.18. The largest absolute Gasteiger partial charge is 0.481 e. The number of allylic oxidation sites excluding steroid dienone is 2. The van der Waals surface area contributed by atoms with Gasteiger partial charge in [-0.15, -0.1) is 0 Å². The molecule has 1 aromatic carbocycles. The van der Waals surface area contributed by atoms with Crippen molar-refractivity contribution in [3.63, 3.8) is 0 Å². The molecule has 0 heterocycles. The molecular weight excluding hydrogens is 368 g/mol. The maximum Gasteiger partial charge on any atom is 0.303 e. The van der Waals surface area contributed by atoms with E-state index in [1.807, 2.05) is 48.6 Å². The van der Waals surface area contributed by atoms with Gasteiger partial charge in [-0.05, 0) is 50.0 Å². The Bertz CT molecular complexity index is 654. The van der Waals surface area contributed by atoms with Gasteiger partial charge in [0, 0.05) is 18.8 Å². The third-order valence-corrected chi connectivity index (χ3v) is 5.63. The van der Waals surface area contributed by atoms with Crippen LogP contribution in [0.3, 0.4) is 0 Å². The zero-order valence-corrected chi connectivity index (χ0v) is 16.9. The standard InChI is InChI=1S/C24H34O5/c25-19(14-13-18-9-5-4-6-10-18)15-16-21-20(22(26)17-23(21)27)11-7-2-1-3-8-12-24(28)29/h2,4-7,9-10,15-16,19-23,25-27H,1,3,8,11-14,17H2,(H,28,29)/b7-2-,16-15+/t19-,20+,21+,22-,23+/m0/s1. The maximum atomic E-state index is 10.5. The number of aliphatic carboxylic acids is 1. The molecule has 0 aromatic heterocycles. The highest BCUT2D eigenvalue weighted by atomic mass is 16.4. The Hall–Kier alpha value is -1.95. The van der Waals surface area contributed by atoms with E-state index in [1.165, 1.54) is 5.56 Å². The Balaban J connectivity index is 1.78. The second kappa shape index (κ2) is 12.6. The van der Waals surface area contributed by atoms with Crippen LogP contribution in [0.15, 0.2) is 54.6 Å². The molecule has 160 valence electrons. The van der Waals surface area contributed by atoms with E-state index >= 15 is 0 Å². The third kappa shape index (κ3) is 8.52. The van der Waals surface area contributed by atoms with Gasteiger partial charge >= 0.3 is 5.97 Å². The molecular formula is C24H34O5. The highest BCUT2D eigenvalue weighted by Gasteiger charge is 2.39. The van der Waals surface area contributed by atoms with Crippen LogP contribution in [0.25, 0.3) is 0 Å². The average Bonchev–Trinajstić information content (AvgIpc) is 2.97. The SMILES string of the molecule is O=C(O)CCCC/C=C\C[C@@H]1[C@@H](/C=C/[C@@H](O)CCc2ccccc2)[C@H](O)C[C@@H]1O. The Kier molecular flexibility index (Phi) is 10.1. The summed E-state index contributed by atoms with van der Waals surface area (Å²) in [6.45, 7) is 0. The van der Waals surface area contributed by atoms with Gasteiger partial charge in [0.2, 0.25) is 0 Å². The molecule has 1 aliphatic rings. The number of carboxylic acids is 1. The van der Waals surface area contributed by atoms with Crippen molar-refractivity contribution < 1.29 is 25.2 Å². The van der Waals surface area contributed by atoms with Crippen molar-refractivity contribution in [1.29, 1.82) is 0 Å². The number of hydrogen-bond donors (Lipinski definition) is 4. The first-order valence-electron chi connectivity index (χ1n) is 10.6. The van der Waals surface area contributed by atoms with E-state index in [-0.39, 0.29) is 18.3 Å². The number of rotatable bonds is 12. The fourth-order valence-corrected chi connectivity index (χ4v) is 3.93. The van der Waals surface area contributed by atoms with Crippen LogP contribution in [0, 0.1) is 11.8 Å². The topological polar surface area (TPSA) is 98.0 Å². The molecule has 0 bridgehead atoms. The molecule has 29 heavy (non-hydrogen) atoms. The first-order valence-corrected chi connectivity index (χ1v) is 10.6. The van der Waals surface area contributed by atoms with Crippen molar-refractivity contribution in [2.24, 2.45) is 11.8 Å². The molecule has 4 N–H and O–H groups in total. The van der Waals surface area contributed by atoms with Crippen LogP contribution in [-0.4, -0.2) is 44.7 Å². The fraction of sp³-hybridized carbons (Fsp3) is 0.542. The average molecular weight is 403 g/mol. The van der Waals surface area contributed by atoms with Crippen molar-refractivity contribution in [1.82, 2.24) is 0 Å². The lowest BCUT2D eigenvalue weighted by Gasteiger charge is -2.19. The Labute approximate surface area is 173 Å². The zero-order valence-electron chi connectivity index (χ0n) is 16.9. The smallest absolute Gasteiger partial charge is 0.303 e. The number of aliphatic hydroxyl groups is 3. The molecule has 0 amide bonds. The molecule has 0 saturated heterocycles. The zero-order chi connectivity index (χ0) is 21.1. The first-order chi connectivity index (χ1) is 14.0. The number of aliphatic hydroxyl groups excluding tert-OH is 3. The summed E-state index contributed by atoms with van der Waals surface area (Å²) >= 11 is 0. The monoisotopic (exact) mass is 402 g/mol. The summed E-state index contributed by atoms with van der Waals surface area (Å²) in [6, 6.07) is 10.0. The van der Waals surface area contributed by atoms with Crippen molar-refractivity contribution >= 4 is 5.97 Å². The van der Waals surface area contributed by atoms with Crippen molar-refractivity contribution in [3.05, 3.63) is 60.2 Å². The molecule has 1 aromatic rings. The van der Waals surface area contributed by atoms with Gasteiger partial charge in [0.05, 0.1) is 18.3 Å². The van der Waals surface area contributed by atoms with Crippen LogP contribution in [0.4, 0.5) is 0 Å². The van der Waals surface area contributed by atoms with Gasteiger partial charge in [-0.25, -0.2) is 0 Å². The normalized spacial score (nSPS) is 25.8. The summed E-state index contributed by atoms with van der Waals surface area (Å²) < 4.78 is 0. The number of carbonyl (C=O) groups is 1. The lowest BCUT2D eigenvalue weighted by Crippen LogP contribution is -2.20. The highest BCUT2D eigenvalue weighted by molar-refractivity contribution is 5.66. The summed E-state index contributed by atoms with van der Waals surface area (Å²) in [5.74, 6) is -1.01. The minimum absolute atomic E-state index is 0.0714. The third-order valence-electron chi connectivity index (χ3n) is 5.63. The molecule has 0 radical (unpaired) electrons. The molecule has 0 spiro atoms. The molecule has 1 fully saturated rings. The van der Waals surface area contributed by atoms with Crippen molar-refractivity contribution in [2.45, 2.75) is 69.7 Å². The minimum atomic E-state index is -0.766. The van der Waals surface area contributed by atoms with Gasteiger partial charge in [-0.2, -0.15) is 0 Å². The van der Waals surface area contributed by atoms with Crippen molar-refractivity contribution in [2.75, 3.05) is 0 Å². The van der Waals surface area contributed by atoms with E-state index in [4.69, 9.17) is 5.11 Å². The van der Waals surface area contributed by atoms with Crippen LogP contribution in [0.2, 0.25) is 0 Å². The Morgan fingerprint density at radius 1 is 1.10 bits per heavy atom. The summed E-state index contributed by atoms with van der Waals surface area (Å²) in [7, 11) is 0. The Morgan fingerprint density at radius 2 is 1.86 bits per heavy atom. The molecule has 5 atom stereocenters. The van der Waals surface area contributed by atoms with Gasteiger partial charge < -0.3 is 20.4 Å². The van der Waals surface area contributed by atoms with Crippen LogP contribution in [-0.2, 0) is 11.2 Å².